The van der Waals surface area contributed by atoms with E-state index >= 15 is 0 Å². The monoisotopic (exact) mass is 323 g/mol. The van der Waals surface area contributed by atoms with E-state index in [1.54, 1.807) is 31.2 Å². The van der Waals surface area contributed by atoms with Gasteiger partial charge in [-0.3, -0.25) is 4.79 Å². The number of benzene rings is 1. The molecule has 116 valence electrons. The van der Waals surface area contributed by atoms with E-state index in [1.807, 2.05) is 0 Å². The third-order valence-electron chi connectivity index (χ3n) is 2.87. The molecule has 2 rings (SSSR count). The maximum Gasteiger partial charge on any atom is 0.253 e. The van der Waals surface area contributed by atoms with E-state index in [0.29, 0.717) is 5.02 Å². The van der Waals surface area contributed by atoms with E-state index in [4.69, 9.17) is 22.1 Å². The smallest absolute Gasteiger partial charge is 0.253 e. The second-order valence-corrected chi connectivity index (χ2v) is 5.15. The number of amides is 1. The molecule has 0 aliphatic heterocycles. The van der Waals surface area contributed by atoms with Crippen molar-refractivity contribution in [1.82, 2.24) is 4.98 Å². The van der Waals surface area contributed by atoms with E-state index in [0.717, 1.165) is 11.6 Å². The zero-order valence-electron chi connectivity index (χ0n) is 12.1. The topological polar surface area (TPSA) is 77.2 Å². The summed E-state index contributed by atoms with van der Waals surface area (Å²) in [6.07, 6.45) is -0.477. The molecular formula is C15H15ClFN3O2. The molecule has 1 aromatic carbocycles. The molecule has 0 saturated heterocycles. The van der Waals surface area contributed by atoms with Gasteiger partial charge in [-0.25, -0.2) is 4.39 Å². The van der Waals surface area contributed by atoms with Gasteiger partial charge in [0.2, 0.25) is 5.91 Å². The number of rotatable bonds is 4. The molecule has 0 aliphatic carbocycles. The van der Waals surface area contributed by atoms with E-state index in [1.165, 1.54) is 6.92 Å². The number of pyridine rings is 1. The molecule has 1 heterocycles. The number of anilines is 2. The molecule has 1 amide bonds. The number of nitrogen functional groups attached to an aromatic ring is 1. The fourth-order valence-electron chi connectivity index (χ4n) is 1.83. The number of carbonyl (C=O) groups is 1. The molecule has 0 fully saturated rings. The van der Waals surface area contributed by atoms with Gasteiger partial charge in [-0.05, 0) is 24.6 Å². The van der Waals surface area contributed by atoms with Crippen LogP contribution in [0.1, 0.15) is 25.5 Å². The quantitative estimate of drug-likeness (QED) is 0.902. The Kier molecular flexibility index (Phi) is 4.82. The minimum atomic E-state index is -0.708. The average molecular weight is 324 g/mol. The second kappa shape index (κ2) is 6.62. The molecule has 2 aromatic rings. The largest absolute Gasteiger partial charge is 0.468 e. The van der Waals surface area contributed by atoms with Gasteiger partial charge in [0.05, 0.1) is 5.69 Å². The lowest BCUT2D eigenvalue weighted by Crippen LogP contribution is -2.12. The van der Waals surface area contributed by atoms with Crippen molar-refractivity contribution in [2.24, 2.45) is 0 Å². The molecule has 0 radical (unpaired) electrons. The number of ether oxygens (including phenoxy) is 1. The predicted octanol–water partition coefficient (Wildman–Crippen LogP) is 3.55. The standard InChI is InChI=1S/C15H15ClFN3O2/c1-8(10-4-3-5-11(16)6-10)22-15-12(17)7-13(18)14(20-15)19-9(2)21/h3-8H,18H2,1-2H3,(H,19,20,21). The van der Waals surface area contributed by atoms with Gasteiger partial charge in [0.15, 0.2) is 11.6 Å². The maximum absolute atomic E-state index is 13.9. The summed E-state index contributed by atoms with van der Waals surface area (Å²) in [6.45, 7) is 3.04. The van der Waals surface area contributed by atoms with Crippen LogP contribution in [-0.4, -0.2) is 10.9 Å². The minimum absolute atomic E-state index is 0.0236. The highest BCUT2D eigenvalue weighted by Gasteiger charge is 2.16. The highest BCUT2D eigenvalue weighted by molar-refractivity contribution is 6.30. The van der Waals surface area contributed by atoms with Crippen LogP contribution in [0.3, 0.4) is 0 Å². The van der Waals surface area contributed by atoms with Crippen LogP contribution < -0.4 is 15.8 Å². The first-order valence-electron chi connectivity index (χ1n) is 6.52. The van der Waals surface area contributed by atoms with Crippen LogP contribution in [0.2, 0.25) is 5.02 Å². The zero-order chi connectivity index (χ0) is 16.3. The molecule has 0 bridgehead atoms. The first-order valence-corrected chi connectivity index (χ1v) is 6.90. The van der Waals surface area contributed by atoms with Crippen molar-refractivity contribution in [3.63, 3.8) is 0 Å². The van der Waals surface area contributed by atoms with E-state index in [2.05, 4.69) is 10.3 Å². The fraction of sp³-hybridized carbons (Fsp3) is 0.200. The van der Waals surface area contributed by atoms with Crippen LogP contribution in [0.4, 0.5) is 15.9 Å². The number of nitrogens with one attached hydrogen (secondary N) is 1. The summed E-state index contributed by atoms with van der Waals surface area (Å²) in [5.74, 6) is -1.26. The highest BCUT2D eigenvalue weighted by Crippen LogP contribution is 2.28. The van der Waals surface area contributed by atoms with E-state index in [-0.39, 0.29) is 23.3 Å². The van der Waals surface area contributed by atoms with Gasteiger partial charge in [-0.2, -0.15) is 4.98 Å². The Morgan fingerprint density at radius 1 is 1.45 bits per heavy atom. The van der Waals surface area contributed by atoms with Crippen LogP contribution in [0.15, 0.2) is 30.3 Å². The van der Waals surface area contributed by atoms with Gasteiger partial charge in [0.1, 0.15) is 6.10 Å². The Morgan fingerprint density at radius 2 is 2.18 bits per heavy atom. The zero-order valence-corrected chi connectivity index (χ0v) is 12.8. The molecule has 1 unspecified atom stereocenters. The molecule has 0 aliphatic rings. The van der Waals surface area contributed by atoms with Crippen LogP contribution in [0.25, 0.3) is 0 Å². The van der Waals surface area contributed by atoms with Crippen molar-refractivity contribution in [2.75, 3.05) is 11.1 Å². The second-order valence-electron chi connectivity index (χ2n) is 4.71. The average Bonchev–Trinajstić information content (AvgIpc) is 2.43. The number of aromatic nitrogens is 1. The van der Waals surface area contributed by atoms with Crippen LogP contribution in [0.5, 0.6) is 5.88 Å². The Bertz CT molecular complexity index is 709. The number of halogens is 2. The molecular weight excluding hydrogens is 309 g/mol. The summed E-state index contributed by atoms with van der Waals surface area (Å²) in [6, 6.07) is 8.08. The molecule has 0 spiro atoms. The van der Waals surface area contributed by atoms with Crippen LogP contribution in [-0.2, 0) is 4.79 Å². The Balaban J connectivity index is 2.26. The Hall–Kier alpha value is -2.34. The molecule has 1 aromatic heterocycles. The molecule has 7 heteroatoms. The molecule has 3 N–H and O–H groups in total. The molecule has 22 heavy (non-hydrogen) atoms. The van der Waals surface area contributed by atoms with Crippen molar-refractivity contribution in [2.45, 2.75) is 20.0 Å². The molecule has 1 atom stereocenters. The van der Waals surface area contributed by atoms with Gasteiger partial charge in [0.25, 0.3) is 5.88 Å². The van der Waals surface area contributed by atoms with E-state index < -0.39 is 11.9 Å². The van der Waals surface area contributed by atoms with Gasteiger partial charge >= 0.3 is 0 Å². The van der Waals surface area contributed by atoms with Gasteiger partial charge in [-0.1, -0.05) is 23.7 Å². The Morgan fingerprint density at radius 3 is 2.82 bits per heavy atom. The number of hydrogen-bond acceptors (Lipinski definition) is 4. The summed E-state index contributed by atoms with van der Waals surface area (Å²) in [7, 11) is 0. The van der Waals surface area contributed by atoms with Crippen LogP contribution >= 0.6 is 11.6 Å². The van der Waals surface area contributed by atoms with Crippen molar-refractivity contribution in [1.29, 1.82) is 0 Å². The summed E-state index contributed by atoms with van der Waals surface area (Å²) in [5, 5.41) is 2.97. The van der Waals surface area contributed by atoms with Gasteiger partial charge in [0, 0.05) is 18.0 Å². The third kappa shape index (κ3) is 3.85. The lowest BCUT2D eigenvalue weighted by molar-refractivity contribution is -0.114. The maximum atomic E-state index is 13.9. The molecule has 5 nitrogen and oxygen atoms in total. The first-order chi connectivity index (χ1) is 10.4. The van der Waals surface area contributed by atoms with E-state index in [9.17, 15) is 9.18 Å². The summed E-state index contributed by atoms with van der Waals surface area (Å²) in [5.41, 5.74) is 6.40. The fourth-order valence-corrected chi connectivity index (χ4v) is 2.03. The third-order valence-corrected chi connectivity index (χ3v) is 3.11. The van der Waals surface area contributed by atoms with Crippen LogP contribution in [0, 0.1) is 5.82 Å². The normalized spacial score (nSPS) is 11.8. The van der Waals surface area contributed by atoms with Crippen molar-refractivity contribution >= 4 is 29.0 Å². The van der Waals surface area contributed by atoms with Gasteiger partial charge < -0.3 is 15.8 Å². The Labute approximate surface area is 132 Å². The lowest BCUT2D eigenvalue weighted by Gasteiger charge is -2.16. The number of nitrogens with zero attached hydrogens (tertiary/aromatic N) is 1. The summed E-state index contributed by atoms with van der Waals surface area (Å²) in [4.78, 5) is 15.0. The lowest BCUT2D eigenvalue weighted by atomic mass is 10.1. The number of nitrogens with two attached hydrogens (primary N) is 1. The molecule has 0 saturated carbocycles. The SMILES string of the molecule is CC(=O)Nc1nc(OC(C)c2cccc(Cl)c2)c(F)cc1N. The highest BCUT2D eigenvalue weighted by atomic mass is 35.5. The first kappa shape index (κ1) is 16.0. The van der Waals surface area contributed by atoms with Crippen molar-refractivity contribution in [3.05, 3.63) is 46.7 Å². The predicted molar refractivity (Wildman–Crippen MR) is 83.4 cm³/mol. The summed E-state index contributed by atoms with van der Waals surface area (Å²) < 4.78 is 19.4. The van der Waals surface area contributed by atoms with Crippen molar-refractivity contribution < 1.29 is 13.9 Å². The minimum Gasteiger partial charge on any atom is -0.468 e. The number of carbonyl (C=O) groups excluding carboxylic acids is 1. The summed E-state index contributed by atoms with van der Waals surface area (Å²) >= 11 is 5.92. The number of hydrogen-bond donors (Lipinski definition) is 2. The van der Waals surface area contributed by atoms with Crippen molar-refractivity contribution in [3.8, 4) is 5.88 Å². The van der Waals surface area contributed by atoms with Gasteiger partial charge in [-0.15, -0.1) is 0 Å².